The normalized spacial score (nSPS) is 15.4. The molecule has 1 aliphatic rings. The Balaban J connectivity index is 2.11. The molecule has 0 saturated heterocycles. The van der Waals surface area contributed by atoms with Crippen molar-refractivity contribution in [3.63, 3.8) is 0 Å². The van der Waals surface area contributed by atoms with Gasteiger partial charge in [0.2, 0.25) is 0 Å². The summed E-state index contributed by atoms with van der Waals surface area (Å²) in [6.07, 6.45) is 44.0. The summed E-state index contributed by atoms with van der Waals surface area (Å²) in [5.41, 5.74) is 0. The van der Waals surface area contributed by atoms with Crippen LogP contribution in [-0.2, 0) is 0 Å². The summed E-state index contributed by atoms with van der Waals surface area (Å²) in [5, 5.41) is 0. The maximum absolute atomic E-state index is 2.69. The van der Waals surface area contributed by atoms with Gasteiger partial charge in [-0.15, -0.1) is 0 Å². The van der Waals surface area contributed by atoms with Crippen molar-refractivity contribution < 1.29 is 0 Å². The van der Waals surface area contributed by atoms with Gasteiger partial charge in [0.1, 0.15) is 6.17 Å². The second kappa shape index (κ2) is 26.9. The van der Waals surface area contributed by atoms with E-state index in [2.05, 4.69) is 43.0 Å². The monoisotopic (exact) mass is 519 g/mol. The van der Waals surface area contributed by atoms with E-state index in [1.54, 1.807) is 0 Å². The van der Waals surface area contributed by atoms with Gasteiger partial charge in [-0.1, -0.05) is 168 Å². The summed E-state index contributed by atoms with van der Waals surface area (Å²) in [7, 11) is 0. The van der Waals surface area contributed by atoms with Gasteiger partial charge in [0.05, 0.1) is 0 Å². The molecule has 0 fully saturated rings. The minimum atomic E-state index is 0.642. The SMILES string of the molecule is CCCCCCCCCCCCCCCCN1C=CN(CCCCCCCCCC)C1CCCCCC. The van der Waals surface area contributed by atoms with Crippen LogP contribution in [0.1, 0.15) is 194 Å². The predicted octanol–water partition coefficient (Wildman–Crippen LogP) is 12.0. The molecule has 0 saturated carbocycles. The Hall–Kier alpha value is -0.660. The van der Waals surface area contributed by atoms with Gasteiger partial charge in [0.25, 0.3) is 0 Å². The first-order chi connectivity index (χ1) is 18.3. The molecule has 220 valence electrons. The average molecular weight is 519 g/mol. The topological polar surface area (TPSA) is 6.48 Å². The summed E-state index contributed by atoms with van der Waals surface area (Å²) < 4.78 is 0. The van der Waals surface area contributed by atoms with Crippen molar-refractivity contribution >= 4 is 0 Å². The van der Waals surface area contributed by atoms with Crippen LogP contribution in [0.25, 0.3) is 0 Å². The number of hydrogen-bond acceptors (Lipinski definition) is 2. The fraction of sp³-hybridized carbons (Fsp3) is 0.943. The first kappa shape index (κ1) is 34.4. The van der Waals surface area contributed by atoms with Gasteiger partial charge < -0.3 is 9.80 Å². The molecule has 1 rings (SSSR count). The molecule has 2 heteroatoms. The molecule has 0 radical (unpaired) electrons. The highest BCUT2D eigenvalue weighted by atomic mass is 15.4. The molecule has 0 aromatic carbocycles. The quantitative estimate of drug-likeness (QED) is 0.0908. The summed E-state index contributed by atoms with van der Waals surface area (Å²) in [6, 6.07) is 0. The molecule has 0 aliphatic carbocycles. The Kier molecular flexibility index (Phi) is 25.0. The molecule has 0 aromatic rings. The lowest BCUT2D eigenvalue weighted by atomic mass is 10.0. The van der Waals surface area contributed by atoms with Gasteiger partial charge in [-0.25, -0.2) is 0 Å². The van der Waals surface area contributed by atoms with Gasteiger partial charge >= 0.3 is 0 Å². The fourth-order valence-corrected chi connectivity index (χ4v) is 6.01. The zero-order valence-electron chi connectivity index (χ0n) is 26.1. The Morgan fingerprint density at radius 1 is 0.351 bits per heavy atom. The molecule has 0 aromatic heterocycles. The summed E-state index contributed by atoms with van der Waals surface area (Å²) in [5.74, 6) is 0. The van der Waals surface area contributed by atoms with Crippen molar-refractivity contribution in [2.24, 2.45) is 0 Å². The van der Waals surface area contributed by atoms with Crippen LogP contribution in [0, 0.1) is 0 Å². The van der Waals surface area contributed by atoms with Crippen molar-refractivity contribution in [3.8, 4) is 0 Å². The second-order valence-corrected chi connectivity index (χ2v) is 12.2. The lowest BCUT2D eigenvalue weighted by Gasteiger charge is -2.33. The first-order valence-electron chi connectivity index (χ1n) is 17.5. The lowest BCUT2D eigenvalue weighted by molar-refractivity contribution is 0.135. The molecule has 1 aliphatic heterocycles. The third kappa shape index (κ3) is 20.0. The Labute approximate surface area is 235 Å². The molecule has 0 spiro atoms. The van der Waals surface area contributed by atoms with Gasteiger partial charge in [-0.05, 0) is 25.7 Å². The molecule has 0 bridgehead atoms. The lowest BCUT2D eigenvalue weighted by Crippen LogP contribution is -2.39. The number of unbranched alkanes of at least 4 members (excludes halogenated alkanes) is 23. The predicted molar refractivity (Wildman–Crippen MR) is 168 cm³/mol. The Morgan fingerprint density at radius 2 is 0.622 bits per heavy atom. The molecule has 1 heterocycles. The van der Waals surface area contributed by atoms with Crippen molar-refractivity contribution in [1.29, 1.82) is 0 Å². The van der Waals surface area contributed by atoms with E-state index >= 15 is 0 Å². The summed E-state index contributed by atoms with van der Waals surface area (Å²) >= 11 is 0. The highest BCUT2D eigenvalue weighted by molar-refractivity contribution is 4.97. The zero-order valence-corrected chi connectivity index (χ0v) is 26.1. The van der Waals surface area contributed by atoms with Gasteiger partial charge in [0.15, 0.2) is 0 Å². The average Bonchev–Trinajstić information content (AvgIpc) is 3.29. The second-order valence-electron chi connectivity index (χ2n) is 12.2. The Bertz CT molecular complexity index is 474. The minimum absolute atomic E-state index is 0.642. The molecule has 0 amide bonds. The fourth-order valence-electron chi connectivity index (χ4n) is 6.01. The third-order valence-electron chi connectivity index (χ3n) is 8.57. The van der Waals surface area contributed by atoms with Crippen molar-refractivity contribution in [3.05, 3.63) is 12.4 Å². The van der Waals surface area contributed by atoms with Gasteiger partial charge in [0, 0.05) is 25.5 Å². The molecule has 37 heavy (non-hydrogen) atoms. The molecule has 1 atom stereocenters. The van der Waals surface area contributed by atoms with Crippen LogP contribution in [0.5, 0.6) is 0 Å². The molecular formula is C35H70N2. The molecule has 2 nitrogen and oxygen atoms in total. The van der Waals surface area contributed by atoms with Crippen LogP contribution in [-0.4, -0.2) is 29.1 Å². The molecular weight excluding hydrogens is 448 g/mol. The van der Waals surface area contributed by atoms with Crippen molar-refractivity contribution in [2.75, 3.05) is 13.1 Å². The van der Waals surface area contributed by atoms with E-state index in [4.69, 9.17) is 0 Å². The van der Waals surface area contributed by atoms with Crippen LogP contribution in [0.15, 0.2) is 12.4 Å². The summed E-state index contributed by atoms with van der Waals surface area (Å²) in [4.78, 5) is 5.38. The van der Waals surface area contributed by atoms with Crippen LogP contribution in [0.4, 0.5) is 0 Å². The highest BCUT2D eigenvalue weighted by Gasteiger charge is 2.24. The Morgan fingerprint density at radius 3 is 0.946 bits per heavy atom. The standard InChI is InChI=1S/C35H70N2/c1-4-7-10-13-15-17-18-19-20-21-22-24-26-29-32-37-34-33-36(35(37)30-27-12-9-6-3)31-28-25-23-16-14-11-8-5-2/h33-35H,4-32H2,1-3H3. The van der Waals surface area contributed by atoms with Gasteiger partial charge in [-0.3, -0.25) is 0 Å². The molecule has 0 N–H and O–H groups in total. The smallest absolute Gasteiger partial charge is 0.101 e. The number of hydrogen-bond donors (Lipinski definition) is 0. The third-order valence-corrected chi connectivity index (χ3v) is 8.57. The highest BCUT2D eigenvalue weighted by Crippen LogP contribution is 2.24. The van der Waals surface area contributed by atoms with E-state index < -0.39 is 0 Å². The number of rotatable bonds is 29. The largest absolute Gasteiger partial charge is 0.356 e. The molecule has 1 unspecified atom stereocenters. The minimum Gasteiger partial charge on any atom is -0.356 e. The number of nitrogens with zero attached hydrogens (tertiary/aromatic N) is 2. The van der Waals surface area contributed by atoms with Crippen LogP contribution >= 0.6 is 0 Å². The van der Waals surface area contributed by atoms with Crippen molar-refractivity contribution in [1.82, 2.24) is 9.80 Å². The van der Waals surface area contributed by atoms with E-state index in [0.29, 0.717) is 6.17 Å². The summed E-state index contributed by atoms with van der Waals surface area (Å²) in [6.45, 7) is 9.47. The van der Waals surface area contributed by atoms with E-state index in [0.717, 1.165) is 0 Å². The van der Waals surface area contributed by atoms with E-state index in [1.165, 1.54) is 186 Å². The van der Waals surface area contributed by atoms with E-state index in [9.17, 15) is 0 Å². The maximum Gasteiger partial charge on any atom is 0.101 e. The van der Waals surface area contributed by atoms with E-state index in [-0.39, 0.29) is 0 Å². The van der Waals surface area contributed by atoms with Crippen LogP contribution in [0.2, 0.25) is 0 Å². The van der Waals surface area contributed by atoms with Crippen LogP contribution in [0.3, 0.4) is 0 Å². The van der Waals surface area contributed by atoms with E-state index in [1.807, 2.05) is 0 Å². The van der Waals surface area contributed by atoms with Crippen molar-refractivity contribution in [2.45, 2.75) is 200 Å². The first-order valence-corrected chi connectivity index (χ1v) is 17.5. The van der Waals surface area contributed by atoms with Crippen LogP contribution < -0.4 is 0 Å². The maximum atomic E-state index is 2.69. The zero-order chi connectivity index (χ0) is 26.7. The van der Waals surface area contributed by atoms with Gasteiger partial charge in [-0.2, -0.15) is 0 Å².